The van der Waals surface area contributed by atoms with Crippen LogP contribution in [0, 0.1) is 6.92 Å². The first-order valence-electron chi connectivity index (χ1n) is 5.52. The van der Waals surface area contributed by atoms with Gasteiger partial charge in [0.05, 0.1) is 16.5 Å². The molecule has 0 aromatic heterocycles. The van der Waals surface area contributed by atoms with E-state index in [4.69, 9.17) is 11.6 Å². The van der Waals surface area contributed by atoms with E-state index in [9.17, 15) is 13.2 Å². The number of hydrogen-bond donors (Lipinski definition) is 1. The Morgan fingerprint density at radius 2 is 2.06 bits per heavy atom. The van der Waals surface area contributed by atoms with Crippen molar-refractivity contribution in [1.29, 1.82) is 0 Å². The van der Waals surface area contributed by atoms with Gasteiger partial charge in [-0.1, -0.05) is 23.7 Å². The fourth-order valence-corrected chi connectivity index (χ4v) is 2.42. The Balaban J connectivity index is 2.55. The summed E-state index contributed by atoms with van der Waals surface area (Å²) in [5, 5.41) is 3.18. The molecule has 0 aliphatic rings. The normalized spacial score (nSPS) is 11.3. The number of carbonyl (C=O) groups is 1. The van der Waals surface area contributed by atoms with Gasteiger partial charge in [-0.3, -0.25) is 4.79 Å². The minimum atomic E-state index is -3.02. The second-order valence-electron chi connectivity index (χ2n) is 4.21. The van der Waals surface area contributed by atoms with E-state index >= 15 is 0 Å². The Morgan fingerprint density at radius 1 is 1.39 bits per heavy atom. The number of halogens is 1. The van der Waals surface area contributed by atoms with Crippen LogP contribution in [-0.2, 0) is 14.6 Å². The number of rotatable bonds is 5. The molecule has 1 amide bonds. The highest BCUT2D eigenvalue weighted by molar-refractivity contribution is 7.90. The lowest BCUT2D eigenvalue weighted by molar-refractivity contribution is -0.116. The van der Waals surface area contributed by atoms with E-state index in [-0.39, 0.29) is 18.1 Å². The monoisotopic (exact) mass is 289 g/mol. The van der Waals surface area contributed by atoms with Gasteiger partial charge < -0.3 is 5.32 Å². The van der Waals surface area contributed by atoms with Gasteiger partial charge >= 0.3 is 0 Å². The Kier molecular flexibility index (Phi) is 5.16. The van der Waals surface area contributed by atoms with E-state index < -0.39 is 9.84 Å². The standard InChI is InChI=1S/C12H16ClNO3S/c1-9-5-3-6-10(13)12(9)14-11(15)7-4-8-18(2,16)17/h3,5-6H,4,7-8H2,1-2H3,(H,14,15). The molecule has 0 fully saturated rings. The van der Waals surface area contributed by atoms with Crippen LogP contribution in [0.5, 0.6) is 0 Å². The van der Waals surface area contributed by atoms with Crippen molar-refractivity contribution in [3.63, 3.8) is 0 Å². The summed E-state index contributed by atoms with van der Waals surface area (Å²) >= 11 is 5.97. The maximum atomic E-state index is 11.6. The van der Waals surface area contributed by atoms with Crippen LogP contribution in [0.25, 0.3) is 0 Å². The molecule has 18 heavy (non-hydrogen) atoms. The minimum Gasteiger partial charge on any atom is -0.325 e. The molecule has 6 heteroatoms. The van der Waals surface area contributed by atoms with Crippen LogP contribution in [0.2, 0.25) is 5.02 Å². The highest BCUT2D eigenvalue weighted by Crippen LogP contribution is 2.25. The topological polar surface area (TPSA) is 63.2 Å². The Morgan fingerprint density at radius 3 is 2.61 bits per heavy atom. The van der Waals surface area contributed by atoms with Crippen molar-refractivity contribution in [2.24, 2.45) is 0 Å². The van der Waals surface area contributed by atoms with E-state index in [1.54, 1.807) is 12.1 Å². The molecular formula is C12H16ClNO3S. The SMILES string of the molecule is Cc1cccc(Cl)c1NC(=O)CCCS(C)(=O)=O. The van der Waals surface area contributed by atoms with Crippen molar-refractivity contribution < 1.29 is 13.2 Å². The maximum Gasteiger partial charge on any atom is 0.224 e. The Hall–Kier alpha value is -1.07. The van der Waals surface area contributed by atoms with Crippen LogP contribution in [0.4, 0.5) is 5.69 Å². The smallest absolute Gasteiger partial charge is 0.224 e. The summed E-state index contributed by atoms with van der Waals surface area (Å²) in [7, 11) is -3.02. The van der Waals surface area contributed by atoms with Gasteiger partial charge in [0.25, 0.3) is 0 Å². The molecule has 100 valence electrons. The summed E-state index contributed by atoms with van der Waals surface area (Å²) in [6, 6.07) is 5.34. The van der Waals surface area contributed by atoms with E-state index in [1.807, 2.05) is 13.0 Å². The largest absolute Gasteiger partial charge is 0.325 e. The summed E-state index contributed by atoms with van der Waals surface area (Å²) < 4.78 is 21.9. The second kappa shape index (κ2) is 6.20. The molecule has 0 unspecified atom stereocenters. The number of anilines is 1. The maximum absolute atomic E-state index is 11.6. The quantitative estimate of drug-likeness (QED) is 0.905. The zero-order valence-electron chi connectivity index (χ0n) is 10.4. The van der Waals surface area contributed by atoms with Crippen molar-refractivity contribution in [2.45, 2.75) is 19.8 Å². The number of carbonyl (C=O) groups excluding carboxylic acids is 1. The van der Waals surface area contributed by atoms with Crippen molar-refractivity contribution in [3.05, 3.63) is 28.8 Å². The van der Waals surface area contributed by atoms with Crippen LogP contribution in [0.3, 0.4) is 0 Å². The van der Waals surface area contributed by atoms with Gasteiger partial charge in [-0.05, 0) is 25.0 Å². The lowest BCUT2D eigenvalue weighted by Gasteiger charge is -2.09. The zero-order chi connectivity index (χ0) is 13.8. The molecule has 4 nitrogen and oxygen atoms in total. The summed E-state index contributed by atoms with van der Waals surface area (Å²) in [6.45, 7) is 1.85. The van der Waals surface area contributed by atoms with Gasteiger partial charge in [0, 0.05) is 12.7 Å². The van der Waals surface area contributed by atoms with E-state index in [1.165, 1.54) is 0 Å². The first-order valence-corrected chi connectivity index (χ1v) is 7.96. The second-order valence-corrected chi connectivity index (χ2v) is 6.88. The number of sulfone groups is 1. The zero-order valence-corrected chi connectivity index (χ0v) is 11.9. The molecule has 0 heterocycles. The summed E-state index contributed by atoms with van der Waals surface area (Å²) in [5.74, 6) is -0.211. The van der Waals surface area contributed by atoms with Crippen LogP contribution < -0.4 is 5.32 Å². The molecule has 1 aromatic carbocycles. The molecule has 0 aliphatic heterocycles. The van der Waals surface area contributed by atoms with Crippen molar-refractivity contribution in [2.75, 3.05) is 17.3 Å². The number of nitrogens with one attached hydrogen (secondary N) is 1. The first kappa shape index (κ1) is 15.0. The third-order valence-electron chi connectivity index (χ3n) is 2.41. The van der Waals surface area contributed by atoms with Crippen molar-refractivity contribution >= 4 is 33.0 Å². The molecular weight excluding hydrogens is 274 g/mol. The molecule has 0 saturated carbocycles. The van der Waals surface area contributed by atoms with Crippen LogP contribution in [-0.4, -0.2) is 26.3 Å². The first-order chi connectivity index (χ1) is 8.29. The Labute approximate surface area is 112 Å². The number of aryl methyl sites for hydroxylation is 1. The molecule has 0 spiro atoms. The summed E-state index contributed by atoms with van der Waals surface area (Å²) in [4.78, 5) is 11.6. The molecule has 0 aliphatic carbocycles. The fourth-order valence-electron chi connectivity index (χ4n) is 1.49. The minimum absolute atomic E-state index is 0.0158. The lowest BCUT2D eigenvalue weighted by Crippen LogP contribution is -2.14. The number of para-hydroxylation sites is 1. The molecule has 0 saturated heterocycles. The van der Waals surface area contributed by atoms with Gasteiger partial charge in [-0.15, -0.1) is 0 Å². The molecule has 0 radical (unpaired) electrons. The van der Waals surface area contributed by atoms with Gasteiger partial charge in [-0.25, -0.2) is 8.42 Å². The van der Waals surface area contributed by atoms with Gasteiger partial charge in [-0.2, -0.15) is 0 Å². The van der Waals surface area contributed by atoms with Crippen LogP contribution in [0.15, 0.2) is 18.2 Å². The predicted octanol–water partition coefficient (Wildman–Crippen LogP) is 2.41. The van der Waals surface area contributed by atoms with Crippen molar-refractivity contribution in [3.8, 4) is 0 Å². The third kappa shape index (κ3) is 5.06. The average Bonchev–Trinajstić information content (AvgIpc) is 2.22. The molecule has 0 atom stereocenters. The Bertz CT molecular complexity index is 520. The number of amides is 1. The third-order valence-corrected chi connectivity index (χ3v) is 3.75. The van der Waals surface area contributed by atoms with E-state index in [0.717, 1.165) is 11.8 Å². The van der Waals surface area contributed by atoms with E-state index in [0.29, 0.717) is 17.1 Å². The molecule has 1 rings (SSSR count). The van der Waals surface area contributed by atoms with Crippen LogP contribution in [0.1, 0.15) is 18.4 Å². The van der Waals surface area contributed by atoms with Crippen LogP contribution >= 0.6 is 11.6 Å². The highest BCUT2D eigenvalue weighted by Gasteiger charge is 2.09. The molecule has 1 aromatic rings. The summed E-state index contributed by atoms with van der Waals surface area (Å²) in [5.41, 5.74) is 1.46. The summed E-state index contributed by atoms with van der Waals surface area (Å²) in [6.07, 6.45) is 1.63. The average molecular weight is 290 g/mol. The number of hydrogen-bond acceptors (Lipinski definition) is 3. The van der Waals surface area contributed by atoms with Gasteiger partial charge in [0.1, 0.15) is 9.84 Å². The van der Waals surface area contributed by atoms with Gasteiger partial charge in [0.2, 0.25) is 5.91 Å². The fraction of sp³-hybridized carbons (Fsp3) is 0.417. The molecule has 0 bridgehead atoms. The van der Waals surface area contributed by atoms with E-state index in [2.05, 4.69) is 5.32 Å². The lowest BCUT2D eigenvalue weighted by atomic mass is 10.2. The van der Waals surface area contributed by atoms with Gasteiger partial charge in [0.15, 0.2) is 0 Å². The predicted molar refractivity (Wildman–Crippen MR) is 73.8 cm³/mol. The van der Waals surface area contributed by atoms with Crippen molar-refractivity contribution in [1.82, 2.24) is 0 Å². The number of benzene rings is 1. The molecule has 1 N–H and O–H groups in total. The highest BCUT2D eigenvalue weighted by atomic mass is 35.5.